The van der Waals surface area contributed by atoms with Gasteiger partial charge in [-0.2, -0.15) is 4.98 Å². The largest absolute Gasteiger partial charge is 0.478 e. The number of aromatic carboxylic acids is 1. The molecule has 3 heterocycles. The number of carboxylic acid groups (broad SMARTS) is 1. The summed E-state index contributed by atoms with van der Waals surface area (Å²) in [5.74, 6) is -1.53. The van der Waals surface area contributed by atoms with E-state index in [4.69, 9.17) is 5.73 Å². The highest BCUT2D eigenvalue weighted by Crippen LogP contribution is 2.26. The van der Waals surface area contributed by atoms with E-state index in [1.807, 2.05) is 0 Å². The zero-order valence-corrected chi connectivity index (χ0v) is 12.1. The first-order chi connectivity index (χ1) is 11.5. The lowest BCUT2D eigenvalue weighted by atomic mass is 10.0. The fraction of sp³-hybridized carbons (Fsp3) is 0. The Morgan fingerprint density at radius 3 is 2.79 bits per heavy atom. The average Bonchev–Trinajstić information content (AvgIpc) is 2.92. The molecule has 0 atom stereocenters. The van der Waals surface area contributed by atoms with Gasteiger partial charge in [0.2, 0.25) is 5.95 Å². The minimum absolute atomic E-state index is 0.0182. The molecule has 24 heavy (non-hydrogen) atoms. The average molecular weight is 323 g/mol. The SMILES string of the molecule is Nc1nc2cc(-c3cc(C(=O)O)c4cc(F)ccc4n3)ccn2n1. The molecule has 0 aliphatic heterocycles. The summed E-state index contributed by atoms with van der Waals surface area (Å²) in [6, 6.07) is 8.70. The van der Waals surface area contributed by atoms with Crippen molar-refractivity contribution in [2.24, 2.45) is 0 Å². The topological polar surface area (TPSA) is 106 Å². The smallest absolute Gasteiger partial charge is 0.336 e. The fourth-order valence-corrected chi connectivity index (χ4v) is 2.58. The molecule has 4 rings (SSSR count). The number of carboxylic acids is 1. The van der Waals surface area contributed by atoms with Crippen LogP contribution in [0.25, 0.3) is 27.8 Å². The van der Waals surface area contributed by atoms with Crippen LogP contribution in [0.4, 0.5) is 10.3 Å². The number of aromatic nitrogens is 4. The highest BCUT2D eigenvalue weighted by atomic mass is 19.1. The van der Waals surface area contributed by atoms with E-state index in [1.54, 1.807) is 18.3 Å². The number of nitrogens with two attached hydrogens (primary N) is 1. The van der Waals surface area contributed by atoms with Crippen molar-refractivity contribution in [2.75, 3.05) is 5.73 Å². The second-order valence-electron chi connectivity index (χ2n) is 5.21. The molecule has 0 fully saturated rings. The Morgan fingerprint density at radius 1 is 1.17 bits per heavy atom. The molecule has 0 aliphatic carbocycles. The highest BCUT2D eigenvalue weighted by molar-refractivity contribution is 6.03. The van der Waals surface area contributed by atoms with Crippen molar-refractivity contribution in [3.05, 3.63) is 54.0 Å². The number of fused-ring (bicyclic) bond motifs is 2. The van der Waals surface area contributed by atoms with Gasteiger partial charge in [0, 0.05) is 17.1 Å². The van der Waals surface area contributed by atoms with Crippen molar-refractivity contribution in [3.63, 3.8) is 0 Å². The van der Waals surface area contributed by atoms with E-state index < -0.39 is 11.8 Å². The molecule has 4 aromatic rings. The van der Waals surface area contributed by atoms with Crippen molar-refractivity contribution in [1.82, 2.24) is 19.6 Å². The molecule has 0 radical (unpaired) electrons. The molecule has 7 nitrogen and oxygen atoms in total. The highest BCUT2D eigenvalue weighted by Gasteiger charge is 2.14. The van der Waals surface area contributed by atoms with Gasteiger partial charge < -0.3 is 10.8 Å². The Hall–Kier alpha value is -3.55. The van der Waals surface area contributed by atoms with E-state index in [0.717, 1.165) is 6.07 Å². The summed E-state index contributed by atoms with van der Waals surface area (Å²) in [6.07, 6.45) is 1.66. The van der Waals surface area contributed by atoms with E-state index in [1.165, 1.54) is 22.7 Å². The van der Waals surface area contributed by atoms with Crippen LogP contribution < -0.4 is 5.73 Å². The summed E-state index contributed by atoms with van der Waals surface area (Å²) in [4.78, 5) is 20.0. The van der Waals surface area contributed by atoms with E-state index in [9.17, 15) is 14.3 Å². The number of pyridine rings is 2. The van der Waals surface area contributed by atoms with Crippen molar-refractivity contribution in [3.8, 4) is 11.3 Å². The third-order valence-electron chi connectivity index (χ3n) is 3.65. The zero-order chi connectivity index (χ0) is 16.8. The Bertz CT molecular complexity index is 1120. The van der Waals surface area contributed by atoms with E-state index >= 15 is 0 Å². The van der Waals surface area contributed by atoms with Crippen LogP contribution in [0.1, 0.15) is 10.4 Å². The lowest BCUT2D eigenvalue weighted by molar-refractivity contribution is 0.0699. The molecule has 0 bridgehead atoms. The molecule has 8 heteroatoms. The molecule has 3 N–H and O–H groups in total. The fourth-order valence-electron chi connectivity index (χ4n) is 2.58. The molecule has 1 aromatic carbocycles. The number of hydrogen-bond donors (Lipinski definition) is 2. The summed E-state index contributed by atoms with van der Waals surface area (Å²) in [5, 5.41) is 13.7. The second-order valence-corrected chi connectivity index (χ2v) is 5.21. The summed E-state index contributed by atoms with van der Waals surface area (Å²) in [6.45, 7) is 0. The van der Waals surface area contributed by atoms with Crippen LogP contribution in [0.15, 0.2) is 42.6 Å². The maximum atomic E-state index is 13.4. The van der Waals surface area contributed by atoms with E-state index in [0.29, 0.717) is 22.4 Å². The summed E-state index contributed by atoms with van der Waals surface area (Å²) in [7, 11) is 0. The maximum absolute atomic E-state index is 13.4. The van der Waals surface area contributed by atoms with Gasteiger partial charge in [-0.05, 0) is 36.4 Å². The van der Waals surface area contributed by atoms with Gasteiger partial charge in [0.05, 0.1) is 16.8 Å². The number of benzene rings is 1. The standard InChI is InChI=1S/C16H10FN5O2/c17-9-1-2-12-10(6-9)11(15(23)24)7-13(19-12)8-3-4-22-14(5-8)20-16(18)21-22/h1-7H,(H2,18,21)(H,23,24). The first-order valence-corrected chi connectivity index (χ1v) is 6.97. The summed E-state index contributed by atoms with van der Waals surface area (Å²) >= 11 is 0. The van der Waals surface area contributed by atoms with Crippen LogP contribution >= 0.6 is 0 Å². The van der Waals surface area contributed by atoms with Gasteiger partial charge in [-0.3, -0.25) is 0 Å². The third kappa shape index (κ3) is 2.21. The third-order valence-corrected chi connectivity index (χ3v) is 3.65. The number of carbonyl (C=O) groups is 1. The number of anilines is 1. The zero-order valence-electron chi connectivity index (χ0n) is 12.1. The Kier molecular flexibility index (Phi) is 2.92. The predicted molar refractivity (Wildman–Crippen MR) is 85.1 cm³/mol. The van der Waals surface area contributed by atoms with Crippen LogP contribution in [0.2, 0.25) is 0 Å². The van der Waals surface area contributed by atoms with Crippen molar-refractivity contribution in [2.45, 2.75) is 0 Å². The molecular formula is C16H10FN5O2. The molecular weight excluding hydrogens is 313 g/mol. The number of rotatable bonds is 2. The molecule has 0 amide bonds. The Balaban J connectivity index is 1.97. The summed E-state index contributed by atoms with van der Waals surface area (Å²) < 4.78 is 14.9. The van der Waals surface area contributed by atoms with E-state index in [2.05, 4.69) is 15.1 Å². The second kappa shape index (κ2) is 4.98. The van der Waals surface area contributed by atoms with Gasteiger partial charge in [-0.15, -0.1) is 5.10 Å². The van der Waals surface area contributed by atoms with Gasteiger partial charge in [-0.1, -0.05) is 0 Å². The first-order valence-electron chi connectivity index (χ1n) is 6.97. The predicted octanol–water partition coefficient (Wildman–Crippen LogP) is 2.36. The molecule has 3 aromatic heterocycles. The number of halogens is 1. The van der Waals surface area contributed by atoms with Gasteiger partial charge in [0.25, 0.3) is 0 Å². The molecule has 0 saturated heterocycles. The lowest BCUT2D eigenvalue weighted by Gasteiger charge is -2.07. The van der Waals surface area contributed by atoms with Crippen molar-refractivity contribution < 1.29 is 14.3 Å². The van der Waals surface area contributed by atoms with Crippen molar-refractivity contribution in [1.29, 1.82) is 0 Å². The number of nitrogen functional groups attached to an aromatic ring is 1. The minimum atomic E-state index is -1.15. The quantitative estimate of drug-likeness (QED) is 0.586. The van der Waals surface area contributed by atoms with Crippen LogP contribution in [0.3, 0.4) is 0 Å². The summed E-state index contributed by atoms with van der Waals surface area (Å²) in [5.41, 5.74) is 7.55. The van der Waals surface area contributed by atoms with Crippen LogP contribution in [0, 0.1) is 5.82 Å². The maximum Gasteiger partial charge on any atom is 0.336 e. The van der Waals surface area contributed by atoms with Gasteiger partial charge in [0.15, 0.2) is 5.65 Å². The van der Waals surface area contributed by atoms with Crippen LogP contribution in [-0.4, -0.2) is 30.7 Å². The first kappa shape index (κ1) is 14.1. The molecule has 0 saturated carbocycles. The molecule has 118 valence electrons. The Labute approximate surface area is 134 Å². The molecule has 0 aliphatic rings. The molecule has 0 spiro atoms. The monoisotopic (exact) mass is 323 g/mol. The van der Waals surface area contributed by atoms with Crippen LogP contribution in [0.5, 0.6) is 0 Å². The number of hydrogen-bond acceptors (Lipinski definition) is 5. The van der Waals surface area contributed by atoms with Crippen LogP contribution in [-0.2, 0) is 0 Å². The lowest BCUT2D eigenvalue weighted by Crippen LogP contribution is -2.01. The Morgan fingerprint density at radius 2 is 2.00 bits per heavy atom. The minimum Gasteiger partial charge on any atom is -0.478 e. The molecule has 0 unspecified atom stereocenters. The number of nitrogens with zero attached hydrogens (tertiary/aromatic N) is 4. The van der Waals surface area contributed by atoms with Gasteiger partial charge >= 0.3 is 5.97 Å². The van der Waals surface area contributed by atoms with Gasteiger partial charge in [-0.25, -0.2) is 18.7 Å². The normalized spacial score (nSPS) is 11.2. The van der Waals surface area contributed by atoms with E-state index in [-0.39, 0.29) is 16.9 Å². The van der Waals surface area contributed by atoms with Gasteiger partial charge in [0.1, 0.15) is 5.82 Å². The van der Waals surface area contributed by atoms with Crippen molar-refractivity contribution >= 4 is 28.5 Å².